The van der Waals surface area contributed by atoms with Gasteiger partial charge in [-0.05, 0) is 55.4 Å². The Labute approximate surface area is 126 Å². The summed E-state index contributed by atoms with van der Waals surface area (Å²) in [5, 5.41) is 9.61. The zero-order valence-corrected chi connectivity index (χ0v) is 13.1. The first-order chi connectivity index (χ1) is 9.04. The topological polar surface area (TPSA) is 37.3 Å². The number of hydrogen-bond donors (Lipinski definition) is 1. The summed E-state index contributed by atoms with van der Waals surface area (Å²) in [5.74, 6) is -0.641. The van der Waals surface area contributed by atoms with Gasteiger partial charge >= 0.3 is 5.97 Å². The molecule has 1 spiro atoms. The van der Waals surface area contributed by atoms with Crippen molar-refractivity contribution in [1.29, 1.82) is 0 Å². The summed E-state index contributed by atoms with van der Waals surface area (Å²) in [7, 11) is 0. The van der Waals surface area contributed by atoms with Crippen LogP contribution in [-0.2, 0) is 4.79 Å². The normalized spacial score (nSPS) is 23.2. The molecule has 0 heterocycles. The first-order valence-electron chi connectivity index (χ1n) is 6.72. The van der Waals surface area contributed by atoms with Gasteiger partial charge in [-0.15, -0.1) is 11.8 Å². The minimum Gasteiger partial charge on any atom is -0.480 e. The number of carbonyl (C=O) groups is 1. The number of rotatable bonds is 3. The maximum atomic E-state index is 11.7. The lowest BCUT2D eigenvalue weighted by atomic mass is 9.60. The largest absolute Gasteiger partial charge is 0.480 e. The van der Waals surface area contributed by atoms with Crippen molar-refractivity contribution < 1.29 is 9.90 Å². The molecule has 2 nitrogen and oxygen atoms in total. The van der Waals surface area contributed by atoms with Gasteiger partial charge < -0.3 is 5.11 Å². The standard InChI is InChI=1S/C15H17BrO2S/c16-11-3-5-12(6-4-11)19-15(13(17)18)9-14(10-15)7-1-2-8-14/h3-6H,1-2,7-10H2,(H,17,18). The van der Waals surface area contributed by atoms with Crippen LogP contribution in [0.2, 0.25) is 0 Å². The van der Waals surface area contributed by atoms with Crippen molar-refractivity contribution in [3.63, 3.8) is 0 Å². The van der Waals surface area contributed by atoms with E-state index in [1.54, 1.807) is 0 Å². The van der Waals surface area contributed by atoms with Crippen molar-refractivity contribution in [2.24, 2.45) is 5.41 Å². The van der Waals surface area contributed by atoms with Crippen LogP contribution in [0.25, 0.3) is 0 Å². The second-order valence-corrected chi connectivity index (χ2v) is 8.29. The lowest BCUT2D eigenvalue weighted by Gasteiger charge is -2.52. The molecule has 4 heteroatoms. The van der Waals surface area contributed by atoms with Gasteiger partial charge in [0.25, 0.3) is 0 Å². The van der Waals surface area contributed by atoms with Crippen molar-refractivity contribution in [3.8, 4) is 0 Å². The fraction of sp³-hybridized carbons (Fsp3) is 0.533. The Morgan fingerprint density at radius 1 is 1.16 bits per heavy atom. The lowest BCUT2D eigenvalue weighted by molar-refractivity contribution is -0.146. The van der Waals surface area contributed by atoms with E-state index in [-0.39, 0.29) is 0 Å². The molecular formula is C15H17BrO2S. The van der Waals surface area contributed by atoms with Crippen LogP contribution in [0.15, 0.2) is 33.6 Å². The molecule has 0 amide bonds. The molecular weight excluding hydrogens is 324 g/mol. The summed E-state index contributed by atoms with van der Waals surface area (Å²) in [6, 6.07) is 7.95. The molecule has 1 aromatic carbocycles. The minimum absolute atomic E-state index is 0.348. The van der Waals surface area contributed by atoms with E-state index in [9.17, 15) is 9.90 Å². The molecule has 3 rings (SSSR count). The minimum atomic E-state index is -0.641. The van der Waals surface area contributed by atoms with Crippen molar-refractivity contribution in [1.82, 2.24) is 0 Å². The van der Waals surface area contributed by atoms with Gasteiger partial charge in [0, 0.05) is 9.37 Å². The SMILES string of the molecule is O=C(O)C1(Sc2ccc(Br)cc2)CC2(CCCC2)C1. The molecule has 2 aliphatic rings. The fourth-order valence-electron chi connectivity index (χ4n) is 3.63. The van der Waals surface area contributed by atoms with E-state index in [1.807, 2.05) is 24.3 Å². The maximum Gasteiger partial charge on any atom is 0.320 e. The highest BCUT2D eigenvalue weighted by molar-refractivity contribution is 9.10. The average molecular weight is 341 g/mol. The third-order valence-electron chi connectivity index (χ3n) is 4.50. The summed E-state index contributed by atoms with van der Waals surface area (Å²) in [4.78, 5) is 12.7. The number of hydrogen-bond acceptors (Lipinski definition) is 2. The van der Waals surface area contributed by atoms with Gasteiger partial charge in [-0.2, -0.15) is 0 Å². The molecule has 102 valence electrons. The zero-order chi connectivity index (χ0) is 13.5. The zero-order valence-electron chi connectivity index (χ0n) is 10.7. The quantitative estimate of drug-likeness (QED) is 0.864. The predicted octanol–water partition coefficient (Wildman–Crippen LogP) is 4.72. The second-order valence-electron chi connectivity index (χ2n) is 5.92. The van der Waals surface area contributed by atoms with E-state index in [4.69, 9.17) is 0 Å². The van der Waals surface area contributed by atoms with Crippen LogP contribution in [0.4, 0.5) is 0 Å². The molecule has 2 aliphatic carbocycles. The van der Waals surface area contributed by atoms with Gasteiger partial charge in [-0.25, -0.2) is 0 Å². The lowest BCUT2D eigenvalue weighted by Crippen LogP contribution is -2.53. The predicted molar refractivity (Wildman–Crippen MR) is 80.5 cm³/mol. The molecule has 2 fully saturated rings. The summed E-state index contributed by atoms with van der Waals surface area (Å²) in [5.41, 5.74) is 0.348. The van der Waals surface area contributed by atoms with Crippen LogP contribution >= 0.6 is 27.7 Å². The Balaban J connectivity index is 1.76. The molecule has 0 unspecified atom stereocenters. The van der Waals surface area contributed by atoms with E-state index in [0.717, 1.165) is 22.2 Å². The molecule has 1 aromatic rings. The van der Waals surface area contributed by atoms with Gasteiger partial charge in [0.2, 0.25) is 0 Å². The average Bonchev–Trinajstić information content (AvgIpc) is 2.80. The number of halogens is 1. The summed E-state index contributed by atoms with van der Waals surface area (Å²) >= 11 is 4.94. The fourth-order valence-corrected chi connectivity index (χ4v) is 5.47. The van der Waals surface area contributed by atoms with Crippen molar-refractivity contribution in [2.75, 3.05) is 0 Å². The second kappa shape index (κ2) is 4.81. The van der Waals surface area contributed by atoms with Crippen molar-refractivity contribution in [2.45, 2.75) is 48.2 Å². The molecule has 0 bridgehead atoms. The highest BCUT2D eigenvalue weighted by atomic mass is 79.9. The molecule has 0 saturated heterocycles. The monoisotopic (exact) mass is 340 g/mol. The third-order valence-corrected chi connectivity index (χ3v) is 6.39. The van der Waals surface area contributed by atoms with Crippen LogP contribution in [-0.4, -0.2) is 15.8 Å². The number of carboxylic acid groups (broad SMARTS) is 1. The Morgan fingerprint density at radius 2 is 1.74 bits per heavy atom. The van der Waals surface area contributed by atoms with Crippen molar-refractivity contribution in [3.05, 3.63) is 28.7 Å². The number of aliphatic carboxylic acids is 1. The first kappa shape index (κ1) is 13.5. The molecule has 1 N–H and O–H groups in total. The Hall–Kier alpha value is -0.480. The van der Waals surface area contributed by atoms with Crippen molar-refractivity contribution >= 4 is 33.7 Å². The smallest absolute Gasteiger partial charge is 0.320 e. The summed E-state index contributed by atoms with van der Waals surface area (Å²) < 4.78 is 0.445. The van der Waals surface area contributed by atoms with E-state index in [2.05, 4.69) is 15.9 Å². The van der Waals surface area contributed by atoms with E-state index >= 15 is 0 Å². The number of thioether (sulfide) groups is 1. The summed E-state index contributed by atoms with van der Waals surface area (Å²) in [6.07, 6.45) is 6.69. The number of benzene rings is 1. The van der Waals surface area contributed by atoms with Crippen LogP contribution in [0, 0.1) is 5.41 Å². The number of carboxylic acids is 1. The van der Waals surface area contributed by atoms with Gasteiger partial charge in [-0.1, -0.05) is 28.8 Å². The molecule has 2 saturated carbocycles. The Kier molecular flexibility index (Phi) is 3.42. The third kappa shape index (κ3) is 2.45. The molecule has 0 aliphatic heterocycles. The molecule has 0 radical (unpaired) electrons. The van der Waals surface area contributed by atoms with Gasteiger partial charge in [0.15, 0.2) is 0 Å². The molecule has 0 aromatic heterocycles. The van der Waals surface area contributed by atoms with E-state index in [1.165, 1.54) is 37.4 Å². The van der Waals surface area contributed by atoms with Crippen LogP contribution in [0.1, 0.15) is 38.5 Å². The van der Waals surface area contributed by atoms with E-state index in [0.29, 0.717) is 5.41 Å². The highest BCUT2D eigenvalue weighted by Gasteiger charge is 2.60. The summed E-state index contributed by atoms with van der Waals surface area (Å²) in [6.45, 7) is 0. The Bertz CT molecular complexity index is 483. The highest BCUT2D eigenvalue weighted by Crippen LogP contribution is 2.64. The van der Waals surface area contributed by atoms with Crippen LogP contribution in [0.3, 0.4) is 0 Å². The van der Waals surface area contributed by atoms with Gasteiger partial charge in [0.1, 0.15) is 4.75 Å². The van der Waals surface area contributed by atoms with E-state index < -0.39 is 10.7 Å². The van der Waals surface area contributed by atoms with Crippen LogP contribution < -0.4 is 0 Å². The molecule has 19 heavy (non-hydrogen) atoms. The van der Waals surface area contributed by atoms with Gasteiger partial charge in [-0.3, -0.25) is 4.79 Å². The Morgan fingerprint density at radius 3 is 2.26 bits per heavy atom. The van der Waals surface area contributed by atoms with Crippen LogP contribution in [0.5, 0.6) is 0 Å². The van der Waals surface area contributed by atoms with Gasteiger partial charge in [0.05, 0.1) is 0 Å². The molecule has 0 atom stereocenters. The first-order valence-corrected chi connectivity index (χ1v) is 8.33. The maximum absolute atomic E-state index is 11.7.